The highest BCUT2D eigenvalue weighted by Crippen LogP contribution is 2.19. The number of rotatable bonds is 6. The summed E-state index contributed by atoms with van der Waals surface area (Å²) in [5.41, 5.74) is 0.578. The first-order valence-corrected chi connectivity index (χ1v) is 10.7. The van der Waals surface area contributed by atoms with E-state index in [1.54, 1.807) is 0 Å². The predicted octanol–water partition coefficient (Wildman–Crippen LogP) is 1.95. The Kier molecular flexibility index (Phi) is 8.14. The molecule has 8 heteroatoms. The number of ether oxygens (including phenoxy) is 1. The van der Waals surface area contributed by atoms with E-state index in [9.17, 15) is 4.79 Å². The Hall–Kier alpha value is -1.15. The third-order valence-corrected chi connectivity index (χ3v) is 6.16. The van der Waals surface area contributed by atoms with Crippen LogP contribution in [0.2, 0.25) is 0 Å². The lowest BCUT2D eigenvalue weighted by Crippen LogP contribution is -2.41. The number of aromatic nitrogens is 2. The van der Waals surface area contributed by atoms with Gasteiger partial charge in [0.15, 0.2) is 0 Å². The number of carbonyl (C=O) groups is 1. The van der Waals surface area contributed by atoms with E-state index in [2.05, 4.69) is 15.3 Å². The molecular formula is C20H34ClN5O2. The van der Waals surface area contributed by atoms with E-state index in [0.29, 0.717) is 17.8 Å². The molecule has 1 aromatic rings. The van der Waals surface area contributed by atoms with Crippen molar-refractivity contribution in [2.24, 2.45) is 0 Å². The lowest BCUT2D eigenvalue weighted by Gasteiger charge is -2.32. The van der Waals surface area contributed by atoms with Crippen LogP contribution in [0.1, 0.15) is 55.1 Å². The summed E-state index contributed by atoms with van der Waals surface area (Å²) in [7, 11) is 0. The Labute approximate surface area is 174 Å². The predicted molar refractivity (Wildman–Crippen MR) is 111 cm³/mol. The van der Waals surface area contributed by atoms with Crippen molar-refractivity contribution in [1.29, 1.82) is 0 Å². The molecule has 3 aliphatic rings. The van der Waals surface area contributed by atoms with Gasteiger partial charge in [0, 0.05) is 32.4 Å². The van der Waals surface area contributed by atoms with Gasteiger partial charge in [0.2, 0.25) is 0 Å². The van der Waals surface area contributed by atoms with Crippen LogP contribution in [0.5, 0.6) is 0 Å². The third kappa shape index (κ3) is 5.47. The minimum atomic E-state index is 0. The monoisotopic (exact) mass is 411 g/mol. The van der Waals surface area contributed by atoms with Gasteiger partial charge in [-0.1, -0.05) is 0 Å². The molecule has 1 amide bonds. The van der Waals surface area contributed by atoms with E-state index >= 15 is 0 Å². The van der Waals surface area contributed by atoms with E-state index in [0.717, 1.165) is 58.6 Å². The molecule has 0 bridgehead atoms. The minimum Gasteiger partial charge on any atom is -0.377 e. The van der Waals surface area contributed by atoms with Crippen LogP contribution in [0, 0.1) is 0 Å². The highest BCUT2D eigenvalue weighted by atomic mass is 35.5. The van der Waals surface area contributed by atoms with Gasteiger partial charge in [-0.3, -0.25) is 9.48 Å². The first-order chi connectivity index (χ1) is 13.3. The second kappa shape index (κ2) is 10.6. The van der Waals surface area contributed by atoms with Crippen LogP contribution in [0.15, 0.2) is 12.3 Å². The summed E-state index contributed by atoms with van der Waals surface area (Å²) >= 11 is 0. The Bertz CT molecular complexity index is 605. The lowest BCUT2D eigenvalue weighted by atomic mass is 10.1. The van der Waals surface area contributed by atoms with E-state index in [1.165, 1.54) is 32.4 Å². The maximum Gasteiger partial charge on any atom is 0.274 e. The first kappa shape index (κ1) is 21.6. The fourth-order valence-corrected chi connectivity index (χ4v) is 4.46. The van der Waals surface area contributed by atoms with Gasteiger partial charge in [0.25, 0.3) is 5.91 Å². The van der Waals surface area contributed by atoms with Crippen LogP contribution in [0.3, 0.4) is 0 Å². The lowest BCUT2D eigenvalue weighted by molar-refractivity contribution is 0.00193. The van der Waals surface area contributed by atoms with Crippen LogP contribution in [-0.2, 0) is 4.74 Å². The maximum atomic E-state index is 12.8. The van der Waals surface area contributed by atoms with Crippen molar-refractivity contribution in [3.05, 3.63) is 18.0 Å². The van der Waals surface area contributed by atoms with Crippen molar-refractivity contribution >= 4 is 18.3 Å². The fraction of sp³-hybridized carbons (Fsp3) is 0.800. The van der Waals surface area contributed by atoms with Crippen molar-refractivity contribution < 1.29 is 9.53 Å². The number of hydrogen-bond acceptors (Lipinski definition) is 5. The molecule has 3 saturated heterocycles. The molecule has 0 spiro atoms. The molecule has 3 aliphatic heterocycles. The molecular weight excluding hydrogens is 378 g/mol. The maximum absolute atomic E-state index is 12.8. The second-order valence-electron chi connectivity index (χ2n) is 8.09. The van der Waals surface area contributed by atoms with Crippen molar-refractivity contribution in [3.63, 3.8) is 0 Å². The molecule has 0 aromatic carbocycles. The first-order valence-electron chi connectivity index (χ1n) is 10.7. The van der Waals surface area contributed by atoms with E-state index in [-0.39, 0.29) is 18.3 Å². The van der Waals surface area contributed by atoms with Gasteiger partial charge >= 0.3 is 0 Å². The zero-order valence-corrected chi connectivity index (χ0v) is 17.5. The third-order valence-electron chi connectivity index (χ3n) is 6.16. The highest BCUT2D eigenvalue weighted by Gasteiger charge is 2.26. The Morgan fingerprint density at radius 2 is 1.93 bits per heavy atom. The van der Waals surface area contributed by atoms with Gasteiger partial charge in [0.1, 0.15) is 5.69 Å². The molecule has 0 aliphatic carbocycles. The summed E-state index contributed by atoms with van der Waals surface area (Å²) in [6, 6.07) is 2.24. The number of hydrogen-bond donors (Lipinski definition) is 1. The zero-order chi connectivity index (χ0) is 18.5. The van der Waals surface area contributed by atoms with Crippen LogP contribution in [-0.4, -0.2) is 84.0 Å². The quantitative estimate of drug-likeness (QED) is 0.775. The van der Waals surface area contributed by atoms with Gasteiger partial charge < -0.3 is 19.9 Å². The molecule has 4 heterocycles. The molecule has 28 heavy (non-hydrogen) atoms. The number of piperidine rings is 2. The van der Waals surface area contributed by atoms with Crippen molar-refractivity contribution in [3.8, 4) is 0 Å². The normalized spacial score (nSPS) is 24.3. The van der Waals surface area contributed by atoms with Crippen LogP contribution in [0.25, 0.3) is 0 Å². The van der Waals surface area contributed by atoms with Gasteiger partial charge in [-0.15, -0.1) is 12.4 Å². The van der Waals surface area contributed by atoms with Crippen LogP contribution < -0.4 is 5.32 Å². The summed E-state index contributed by atoms with van der Waals surface area (Å²) in [4.78, 5) is 17.2. The molecule has 7 nitrogen and oxygen atoms in total. The number of nitrogens with zero attached hydrogens (tertiary/aromatic N) is 4. The minimum absolute atomic E-state index is 0. The van der Waals surface area contributed by atoms with Gasteiger partial charge in [-0.25, -0.2) is 0 Å². The number of amides is 1. The molecule has 3 fully saturated rings. The Morgan fingerprint density at radius 3 is 2.64 bits per heavy atom. The Morgan fingerprint density at radius 1 is 1.14 bits per heavy atom. The Balaban J connectivity index is 0.00000225. The summed E-state index contributed by atoms with van der Waals surface area (Å²) < 4.78 is 8.02. The summed E-state index contributed by atoms with van der Waals surface area (Å²) in [6.07, 6.45) is 9.06. The van der Waals surface area contributed by atoms with Crippen molar-refractivity contribution in [2.45, 2.75) is 50.7 Å². The van der Waals surface area contributed by atoms with E-state index in [1.807, 2.05) is 21.8 Å². The summed E-state index contributed by atoms with van der Waals surface area (Å²) in [5, 5.41) is 7.97. The van der Waals surface area contributed by atoms with E-state index < -0.39 is 0 Å². The second-order valence-corrected chi connectivity index (χ2v) is 8.09. The van der Waals surface area contributed by atoms with Crippen LogP contribution in [0.4, 0.5) is 0 Å². The SMILES string of the molecule is Cl.O=C(c1ccn(C2CCCNC2)n1)N1CCC(OCCN2CCCC2)CC1. The van der Waals surface area contributed by atoms with Gasteiger partial charge in [-0.2, -0.15) is 5.10 Å². The summed E-state index contributed by atoms with van der Waals surface area (Å²) in [5.74, 6) is 0.0630. The molecule has 1 atom stereocenters. The molecule has 158 valence electrons. The average molecular weight is 412 g/mol. The molecule has 0 radical (unpaired) electrons. The zero-order valence-electron chi connectivity index (χ0n) is 16.7. The topological polar surface area (TPSA) is 62.6 Å². The van der Waals surface area contributed by atoms with Gasteiger partial charge in [-0.05, 0) is 64.2 Å². The highest BCUT2D eigenvalue weighted by molar-refractivity contribution is 5.92. The molecule has 4 rings (SSSR count). The molecule has 1 N–H and O–H groups in total. The molecule has 0 saturated carbocycles. The number of likely N-dealkylation sites (tertiary alicyclic amines) is 2. The molecule has 1 aromatic heterocycles. The van der Waals surface area contributed by atoms with E-state index in [4.69, 9.17) is 4.74 Å². The van der Waals surface area contributed by atoms with Crippen LogP contribution >= 0.6 is 12.4 Å². The number of carbonyl (C=O) groups excluding carboxylic acids is 1. The van der Waals surface area contributed by atoms with Crippen molar-refractivity contribution in [2.75, 3.05) is 52.4 Å². The standard InChI is InChI=1S/C20H33N5O2.ClH/c26-20(19-7-13-25(22-19)17-4-3-8-21-16-17)24-11-5-18(6-12-24)27-15-14-23-9-1-2-10-23;/h7,13,17-18,21H,1-6,8-12,14-16H2;1H. The smallest absolute Gasteiger partial charge is 0.274 e. The van der Waals surface area contributed by atoms with Gasteiger partial charge in [0.05, 0.1) is 18.8 Å². The average Bonchev–Trinajstić information content (AvgIpc) is 3.41. The van der Waals surface area contributed by atoms with Crippen molar-refractivity contribution in [1.82, 2.24) is 24.9 Å². The molecule has 1 unspecified atom stereocenters. The number of halogens is 1. The number of nitrogens with one attached hydrogen (secondary N) is 1. The summed E-state index contributed by atoms with van der Waals surface area (Å²) in [6.45, 7) is 7.87. The largest absolute Gasteiger partial charge is 0.377 e. The fourth-order valence-electron chi connectivity index (χ4n) is 4.46.